The molecule has 104 valence electrons. The summed E-state index contributed by atoms with van der Waals surface area (Å²) in [5, 5.41) is 3.47. The molecule has 0 aromatic carbocycles. The molecule has 4 heteroatoms. The van der Waals surface area contributed by atoms with Crippen molar-refractivity contribution in [3.8, 4) is 0 Å². The minimum absolute atomic E-state index is 0.822. The zero-order chi connectivity index (χ0) is 12.8. The molecular formula is C13H30N2O2. The van der Waals surface area contributed by atoms with Crippen molar-refractivity contribution < 1.29 is 9.47 Å². The second kappa shape index (κ2) is 13.9. The zero-order valence-electron chi connectivity index (χ0n) is 11.8. The van der Waals surface area contributed by atoms with Crippen molar-refractivity contribution in [3.63, 3.8) is 0 Å². The number of nitrogens with zero attached hydrogens (tertiary/aromatic N) is 1. The van der Waals surface area contributed by atoms with Crippen molar-refractivity contribution >= 4 is 0 Å². The molecule has 4 nitrogen and oxygen atoms in total. The van der Waals surface area contributed by atoms with E-state index in [2.05, 4.69) is 17.1 Å². The molecule has 0 heterocycles. The fourth-order valence-electron chi connectivity index (χ4n) is 1.61. The average molecular weight is 246 g/mol. The smallest absolute Gasteiger partial charge is 0.0589 e. The van der Waals surface area contributed by atoms with Gasteiger partial charge in [0.1, 0.15) is 0 Å². The molecule has 0 unspecified atom stereocenters. The van der Waals surface area contributed by atoms with E-state index in [9.17, 15) is 0 Å². The van der Waals surface area contributed by atoms with Gasteiger partial charge in [0.05, 0.1) is 6.61 Å². The lowest BCUT2D eigenvalue weighted by atomic mass is 10.3. The van der Waals surface area contributed by atoms with Crippen LogP contribution in [0, 0.1) is 0 Å². The van der Waals surface area contributed by atoms with Gasteiger partial charge in [-0.05, 0) is 32.9 Å². The highest BCUT2D eigenvalue weighted by atomic mass is 16.5. The average Bonchev–Trinajstić information content (AvgIpc) is 2.36. The van der Waals surface area contributed by atoms with Crippen LogP contribution in [-0.2, 0) is 9.47 Å². The fourth-order valence-corrected chi connectivity index (χ4v) is 1.61. The Hall–Kier alpha value is -0.160. The Bertz CT molecular complexity index is 145. The molecule has 0 rings (SSSR count). The van der Waals surface area contributed by atoms with Crippen molar-refractivity contribution in [2.45, 2.75) is 26.7 Å². The van der Waals surface area contributed by atoms with Crippen molar-refractivity contribution in [1.82, 2.24) is 10.2 Å². The highest BCUT2D eigenvalue weighted by molar-refractivity contribution is 4.57. The van der Waals surface area contributed by atoms with E-state index < -0.39 is 0 Å². The molecule has 0 aliphatic heterocycles. The Morgan fingerprint density at radius 3 is 2.47 bits per heavy atom. The predicted octanol–water partition coefficient (Wildman–Crippen LogP) is 1.36. The topological polar surface area (TPSA) is 33.7 Å². The first-order valence-electron chi connectivity index (χ1n) is 6.84. The quantitative estimate of drug-likeness (QED) is 0.498. The second-order valence-corrected chi connectivity index (χ2v) is 4.08. The molecule has 1 N–H and O–H groups in total. The van der Waals surface area contributed by atoms with Crippen molar-refractivity contribution in [2.75, 3.05) is 59.7 Å². The largest absolute Gasteiger partial charge is 0.383 e. The van der Waals surface area contributed by atoms with E-state index >= 15 is 0 Å². The Morgan fingerprint density at radius 1 is 1.00 bits per heavy atom. The summed E-state index contributed by atoms with van der Waals surface area (Å²) in [7, 11) is 1.75. The molecule has 0 amide bonds. The van der Waals surface area contributed by atoms with Crippen LogP contribution >= 0.6 is 0 Å². The van der Waals surface area contributed by atoms with E-state index in [0.717, 1.165) is 59.0 Å². The van der Waals surface area contributed by atoms with Crippen LogP contribution in [-0.4, -0.2) is 64.6 Å². The minimum Gasteiger partial charge on any atom is -0.383 e. The molecule has 0 aromatic heterocycles. The van der Waals surface area contributed by atoms with E-state index in [1.807, 2.05) is 6.92 Å². The summed E-state index contributed by atoms with van der Waals surface area (Å²) in [6.45, 7) is 12.2. The van der Waals surface area contributed by atoms with Gasteiger partial charge in [-0.3, -0.25) is 0 Å². The molecule has 0 atom stereocenters. The zero-order valence-corrected chi connectivity index (χ0v) is 11.8. The molecule has 0 fully saturated rings. The minimum atomic E-state index is 0.822. The maximum atomic E-state index is 5.29. The van der Waals surface area contributed by atoms with Crippen LogP contribution in [0.25, 0.3) is 0 Å². The van der Waals surface area contributed by atoms with Crippen molar-refractivity contribution in [2.24, 2.45) is 0 Å². The van der Waals surface area contributed by atoms with Crippen molar-refractivity contribution in [3.05, 3.63) is 0 Å². The number of ether oxygens (including phenoxy) is 2. The van der Waals surface area contributed by atoms with Gasteiger partial charge < -0.3 is 19.7 Å². The van der Waals surface area contributed by atoms with Crippen LogP contribution in [0.2, 0.25) is 0 Å². The maximum absolute atomic E-state index is 5.29. The van der Waals surface area contributed by atoms with Gasteiger partial charge >= 0.3 is 0 Å². The lowest BCUT2D eigenvalue weighted by Crippen LogP contribution is -2.34. The molecule has 0 saturated carbocycles. The molecule has 0 radical (unpaired) electrons. The summed E-state index contributed by atoms with van der Waals surface area (Å²) >= 11 is 0. The van der Waals surface area contributed by atoms with Gasteiger partial charge in [-0.1, -0.05) is 6.92 Å². The maximum Gasteiger partial charge on any atom is 0.0589 e. The van der Waals surface area contributed by atoms with Gasteiger partial charge in [0.25, 0.3) is 0 Å². The standard InChI is InChI=1S/C13H30N2O2/c1-4-15(11-13-16-3)10-9-14-8-6-7-12-17-5-2/h14H,4-13H2,1-3H3. The summed E-state index contributed by atoms with van der Waals surface area (Å²) in [6.07, 6.45) is 2.35. The van der Waals surface area contributed by atoms with E-state index in [-0.39, 0.29) is 0 Å². The number of likely N-dealkylation sites (N-methyl/N-ethyl adjacent to an activating group) is 1. The Kier molecular flexibility index (Phi) is 13.8. The van der Waals surface area contributed by atoms with Crippen LogP contribution in [0.15, 0.2) is 0 Å². The number of nitrogens with one attached hydrogen (secondary N) is 1. The summed E-state index contributed by atoms with van der Waals surface area (Å²) < 4.78 is 10.4. The van der Waals surface area contributed by atoms with E-state index in [0.29, 0.717) is 0 Å². The third-order valence-corrected chi connectivity index (χ3v) is 2.76. The molecule has 0 aliphatic rings. The number of hydrogen-bond donors (Lipinski definition) is 1. The summed E-state index contributed by atoms with van der Waals surface area (Å²) in [5.41, 5.74) is 0. The number of methoxy groups -OCH3 is 1. The van der Waals surface area contributed by atoms with Gasteiger partial charge in [-0.15, -0.1) is 0 Å². The van der Waals surface area contributed by atoms with Crippen LogP contribution in [0.5, 0.6) is 0 Å². The lowest BCUT2D eigenvalue weighted by Gasteiger charge is -2.19. The van der Waals surface area contributed by atoms with Crippen molar-refractivity contribution in [1.29, 1.82) is 0 Å². The number of hydrogen-bond acceptors (Lipinski definition) is 4. The van der Waals surface area contributed by atoms with E-state index in [4.69, 9.17) is 9.47 Å². The van der Waals surface area contributed by atoms with Gasteiger partial charge in [0, 0.05) is 40.0 Å². The van der Waals surface area contributed by atoms with Gasteiger partial charge in [0.15, 0.2) is 0 Å². The van der Waals surface area contributed by atoms with Gasteiger partial charge in [-0.25, -0.2) is 0 Å². The molecular weight excluding hydrogens is 216 g/mol. The van der Waals surface area contributed by atoms with E-state index in [1.54, 1.807) is 7.11 Å². The first-order valence-corrected chi connectivity index (χ1v) is 6.84. The first-order chi connectivity index (χ1) is 8.35. The van der Waals surface area contributed by atoms with Crippen LogP contribution in [0.1, 0.15) is 26.7 Å². The summed E-state index contributed by atoms with van der Waals surface area (Å²) in [4.78, 5) is 2.40. The second-order valence-electron chi connectivity index (χ2n) is 4.08. The molecule has 0 bridgehead atoms. The van der Waals surface area contributed by atoms with Crippen LogP contribution < -0.4 is 5.32 Å². The fraction of sp³-hybridized carbons (Fsp3) is 1.00. The predicted molar refractivity (Wildman–Crippen MR) is 72.6 cm³/mol. The highest BCUT2D eigenvalue weighted by Gasteiger charge is 2.00. The van der Waals surface area contributed by atoms with Crippen LogP contribution in [0.4, 0.5) is 0 Å². The number of rotatable bonds is 13. The third kappa shape index (κ3) is 12.1. The Balaban J connectivity index is 3.19. The Morgan fingerprint density at radius 2 is 1.82 bits per heavy atom. The van der Waals surface area contributed by atoms with Gasteiger partial charge in [-0.2, -0.15) is 0 Å². The molecule has 17 heavy (non-hydrogen) atoms. The number of unbranched alkanes of at least 4 members (excludes halogenated alkanes) is 1. The highest BCUT2D eigenvalue weighted by Crippen LogP contribution is 1.89. The molecule has 0 aromatic rings. The SMILES string of the molecule is CCOCCCCNCCN(CC)CCOC. The lowest BCUT2D eigenvalue weighted by molar-refractivity contribution is 0.142. The monoisotopic (exact) mass is 246 g/mol. The Labute approximate surface area is 107 Å². The third-order valence-electron chi connectivity index (χ3n) is 2.76. The van der Waals surface area contributed by atoms with E-state index in [1.165, 1.54) is 6.42 Å². The summed E-state index contributed by atoms with van der Waals surface area (Å²) in [6, 6.07) is 0. The summed E-state index contributed by atoms with van der Waals surface area (Å²) in [5.74, 6) is 0. The van der Waals surface area contributed by atoms with Gasteiger partial charge in [0.2, 0.25) is 0 Å². The molecule has 0 spiro atoms. The first kappa shape index (κ1) is 16.8. The molecule has 0 aliphatic carbocycles. The normalized spacial score (nSPS) is 11.3. The van der Waals surface area contributed by atoms with Crippen LogP contribution in [0.3, 0.4) is 0 Å². The molecule has 0 saturated heterocycles.